The van der Waals surface area contributed by atoms with Crippen LogP contribution in [0, 0.1) is 11.7 Å². The first-order valence-corrected chi connectivity index (χ1v) is 13.1. The van der Waals surface area contributed by atoms with Gasteiger partial charge in [0.05, 0.1) is 19.2 Å². The number of nitrogens with one attached hydrogen (secondary N) is 1. The summed E-state index contributed by atoms with van der Waals surface area (Å²) in [6.07, 6.45) is 6.59. The number of carbonyl (C=O) groups excluding carboxylic acids is 2. The van der Waals surface area contributed by atoms with Crippen LogP contribution in [0.1, 0.15) is 56.3 Å². The summed E-state index contributed by atoms with van der Waals surface area (Å²) < 4.78 is 20.1. The van der Waals surface area contributed by atoms with Crippen LogP contribution >= 0.6 is 0 Å². The summed E-state index contributed by atoms with van der Waals surface area (Å²) in [5.41, 5.74) is 1.42. The van der Waals surface area contributed by atoms with E-state index in [9.17, 15) is 19.1 Å². The fourth-order valence-electron chi connectivity index (χ4n) is 5.03. The number of aliphatic hydroxyl groups is 1. The third-order valence-electron chi connectivity index (χ3n) is 7.41. The lowest BCUT2D eigenvalue weighted by Gasteiger charge is -2.38. The van der Waals surface area contributed by atoms with E-state index < -0.39 is 12.1 Å². The van der Waals surface area contributed by atoms with Crippen molar-refractivity contribution >= 4 is 11.9 Å². The molecule has 1 aromatic heterocycles. The molecule has 200 valence electrons. The number of ether oxygens (including phenoxy) is 1. The summed E-state index contributed by atoms with van der Waals surface area (Å²) in [6.45, 7) is 4.21. The van der Waals surface area contributed by atoms with Gasteiger partial charge in [0.15, 0.2) is 0 Å². The molecule has 2 heterocycles. The fourth-order valence-corrected chi connectivity index (χ4v) is 5.03. The number of nitrogens with zero attached hydrogens (tertiary/aromatic N) is 3. The number of carbonyl (C=O) groups is 2. The highest BCUT2D eigenvalue weighted by Gasteiger charge is 2.35. The van der Waals surface area contributed by atoms with Crippen molar-refractivity contribution in [1.82, 2.24) is 20.1 Å². The molecule has 4 rings (SSSR count). The Kier molecular flexibility index (Phi) is 8.63. The molecule has 1 aromatic carbocycles. The van der Waals surface area contributed by atoms with Crippen molar-refractivity contribution in [3.8, 4) is 17.0 Å². The van der Waals surface area contributed by atoms with Crippen molar-refractivity contribution in [2.24, 2.45) is 5.92 Å². The summed E-state index contributed by atoms with van der Waals surface area (Å²) in [5, 5.41) is 13.0. The summed E-state index contributed by atoms with van der Waals surface area (Å²) in [5.74, 6) is -0.666. The number of likely N-dealkylation sites (N-methyl/N-ethyl adjacent to an activating group) is 1. The second-order valence-corrected chi connectivity index (χ2v) is 10.4. The van der Waals surface area contributed by atoms with Crippen LogP contribution in [-0.2, 0) is 0 Å². The molecular weight excluding hydrogens is 475 g/mol. The summed E-state index contributed by atoms with van der Waals surface area (Å²) >= 11 is 0. The van der Waals surface area contributed by atoms with E-state index in [4.69, 9.17) is 4.74 Å². The number of aromatic nitrogens is 1. The molecule has 0 unspecified atom stereocenters. The number of hydrogen-bond acceptors (Lipinski definition) is 5. The number of halogens is 1. The Labute approximate surface area is 217 Å². The van der Waals surface area contributed by atoms with Gasteiger partial charge in [0.2, 0.25) is 5.88 Å². The first-order chi connectivity index (χ1) is 17.8. The summed E-state index contributed by atoms with van der Waals surface area (Å²) in [7, 11) is 1.74. The van der Waals surface area contributed by atoms with Gasteiger partial charge in [-0.1, -0.05) is 38.3 Å². The number of amides is 3. The minimum Gasteiger partial charge on any atom is -0.472 e. The normalized spacial score (nSPS) is 21.3. The van der Waals surface area contributed by atoms with Gasteiger partial charge in [0.25, 0.3) is 5.91 Å². The van der Waals surface area contributed by atoms with Gasteiger partial charge in [0.1, 0.15) is 17.5 Å². The van der Waals surface area contributed by atoms with Crippen LogP contribution in [0.2, 0.25) is 0 Å². The quantitative estimate of drug-likeness (QED) is 0.608. The van der Waals surface area contributed by atoms with Crippen molar-refractivity contribution in [3.05, 3.63) is 47.9 Å². The first kappa shape index (κ1) is 26.9. The van der Waals surface area contributed by atoms with Gasteiger partial charge in [0, 0.05) is 37.3 Å². The Morgan fingerprint density at radius 1 is 1.27 bits per heavy atom. The van der Waals surface area contributed by atoms with E-state index in [1.807, 2.05) is 6.92 Å². The molecule has 2 aliphatic rings. The molecule has 1 fully saturated rings. The van der Waals surface area contributed by atoms with Gasteiger partial charge in [-0.15, -0.1) is 0 Å². The standard InChI is InChI=1S/C28H37FN4O4/c1-18-15-33(19(2)17-34)27(35)24-13-21(20-8-7-9-22(29)12-20)14-30-26(24)37-25(18)16-32(3)28(36)31-23-10-5-4-6-11-23/h7-9,12-14,18-19,23,25,34H,4-6,10-11,15-17H2,1-3H3,(H,31,36)/t18-,19+,25-/m0/s1. The molecule has 37 heavy (non-hydrogen) atoms. The number of aliphatic hydroxyl groups excluding tert-OH is 1. The number of benzene rings is 1. The maximum absolute atomic E-state index is 13.8. The van der Waals surface area contributed by atoms with Crippen molar-refractivity contribution < 1.29 is 23.8 Å². The predicted octanol–water partition coefficient (Wildman–Crippen LogP) is 4.08. The highest BCUT2D eigenvalue weighted by Crippen LogP contribution is 2.30. The predicted molar refractivity (Wildman–Crippen MR) is 139 cm³/mol. The molecule has 2 aromatic rings. The van der Waals surface area contributed by atoms with Crippen LogP contribution in [0.15, 0.2) is 36.5 Å². The minimum atomic E-state index is -0.435. The summed E-state index contributed by atoms with van der Waals surface area (Å²) in [4.78, 5) is 34.2. The molecule has 1 saturated carbocycles. The average Bonchev–Trinajstić information content (AvgIpc) is 2.90. The highest BCUT2D eigenvalue weighted by molar-refractivity contribution is 5.98. The molecule has 3 amide bonds. The van der Waals surface area contributed by atoms with Crippen LogP contribution in [0.4, 0.5) is 9.18 Å². The summed E-state index contributed by atoms with van der Waals surface area (Å²) in [6, 6.07) is 7.38. The van der Waals surface area contributed by atoms with E-state index in [0.29, 0.717) is 24.2 Å². The maximum atomic E-state index is 13.8. The van der Waals surface area contributed by atoms with Gasteiger partial charge < -0.3 is 25.0 Å². The van der Waals surface area contributed by atoms with Gasteiger partial charge in [-0.05, 0) is 43.5 Å². The van der Waals surface area contributed by atoms with Crippen LogP contribution < -0.4 is 10.1 Å². The zero-order chi connectivity index (χ0) is 26.5. The molecular formula is C28H37FN4O4. The molecule has 0 spiro atoms. The van der Waals surface area contributed by atoms with Gasteiger partial charge >= 0.3 is 6.03 Å². The second kappa shape index (κ2) is 11.9. The monoisotopic (exact) mass is 512 g/mol. The zero-order valence-corrected chi connectivity index (χ0v) is 21.8. The topological polar surface area (TPSA) is 95.0 Å². The molecule has 3 atom stereocenters. The zero-order valence-electron chi connectivity index (χ0n) is 21.8. The second-order valence-electron chi connectivity index (χ2n) is 10.4. The van der Waals surface area contributed by atoms with E-state index in [2.05, 4.69) is 10.3 Å². The molecule has 1 aliphatic heterocycles. The molecule has 1 aliphatic carbocycles. The average molecular weight is 513 g/mol. The Hall–Kier alpha value is -3.20. The Morgan fingerprint density at radius 3 is 2.73 bits per heavy atom. The molecule has 0 radical (unpaired) electrons. The first-order valence-electron chi connectivity index (χ1n) is 13.1. The van der Waals surface area contributed by atoms with E-state index in [0.717, 1.165) is 25.7 Å². The van der Waals surface area contributed by atoms with E-state index >= 15 is 0 Å². The number of fused-ring (bicyclic) bond motifs is 1. The van der Waals surface area contributed by atoms with Gasteiger partial charge in [-0.3, -0.25) is 4.79 Å². The lowest BCUT2D eigenvalue weighted by molar-refractivity contribution is 0.0351. The lowest BCUT2D eigenvalue weighted by Crippen LogP contribution is -2.52. The SMILES string of the molecule is C[C@H](CO)N1C[C@H](C)[C@H](CN(C)C(=O)NC2CCCCC2)Oc2ncc(-c3cccc(F)c3)cc2C1=O. The molecule has 8 nitrogen and oxygen atoms in total. The smallest absolute Gasteiger partial charge is 0.317 e. The molecule has 9 heteroatoms. The minimum absolute atomic E-state index is 0.138. The Morgan fingerprint density at radius 2 is 2.03 bits per heavy atom. The van der Waals surface area contributed by atoms with Crippen molar-refractivity contribution in [2.75, 3.05) is 26.7 Å². The van der Waals surface area contributed by atoms with Crippen LogP contribution in [0.3, 0.4) is 0 Å². The third kappa shape index (κ3) is 6.39. The number of rotatable bonds is 6. The number of pyridine rings is 1. The Balaban J connectivity index is 1.60. The van der Waals surface area contributed by atoms with E-state index in [1.54, 1.807) is 48.2 Å². The van der Waals surface area contributed by atoms with Crippen LogP contribution in [-0.4, -0.2) is 76.8 Å². The van der Waals surface area contributed by atoms with Crippen LogP contribution in [0.25, 0.3) is 11.1 Å². The highest BCUT2D eigenvalue weighted by atomic mass is 19.1. The third-order valence-corrected chi connectivity index (χ3v) is 7.41. The Bertz CT molecular complexity index is 1110. The molecule has 0 bridgehead atoms. The fraction of sp³-hybridized carbons (Fsp3) is 0.536. The lowest BCUT2D eigenvalue weighted by atomic mass is 9.96. The largest absolute Gasteiger partial charge is 0.472 e. The number of hydrogen-bond donors (Lipinski definition) is 2. The maximum Gasteiger partial charge on any atom is 0.317 e. The van der Waals surface area contributed by atoms with Crippen molar-refractivity contribution in [3.63, 3.8) is 0 Å². The number of urea groups is 1. The molecule has 0 saturated heterocycles. The van der Waals surface area contributed by atoms with Gasteiger partial charge in [-0.25, -0.2) is 14.2 Å². The van der Waals surface area contributed by atoms with E-state index in [-0.39, 0.29) is 47.8 Å². The molecule has 2 N–H and O–H groups in total. The van der Waals surface area contributed by atoms with Crippen LogP contribution in [0.5, 0.6) is 5.88 Å². The van der Waals surface area contributed by atoms with Gasteiger partial charge in [-0.2, -0.15) is 0 Å². The van der Waals surface area contributed by atoms with Crippen molar-refractivity contribution in [1.29, 1.82) is 0 Å². The van der Waals surface area contributed by atoms with Crippen molar-refractivity contribution in [2.45, 2.75) is 64.1 Å². The van der Waals surface area contributed by atoms with E-state index in [1.165, 1.54) is 18.6 Å².